The molecule has 0 saturated carbocycles. The number of rotatable bonds is 4. The number of aromatic nitrogens is 2. The first-order valence-corrected chi connectivity index (χ1v) is 6.50. The lowest BCUT2D eigenvalue weighted by molar-refractivity contribution is 0.368. The van der Waals surface area contributed by atoms with Crippen LogP contribution in [0.2, 0.25) is 0 Å². The summed E-state index contributed by atoms with van der Waals surface area (Å²) < 4.78 is 5.69. The summed E-state index contributed by atoms with van der Waals surface area (Å²) in [5.74, 6) is 1.53. The summed E-state index contributed by atoms with van der Waals surface area (Å²) in [5, 5.41) is 11.3. The fourth-order valence-electron chi connectivity index (χ4n) is 2.19. The minimum absolute atomic E-state index is 0.115. The number of anilines is 1. The minimum atomic E-state index is 0.115. The maximum atomic E-state index is 5.69. The van der Waals surface area contributed by atoms with Crippen LogP contribution in [0.5, 0.6) is 0 Å². The molecule has 0 spiro atoms. The zero-order chi connectivity index (χ0) is 12.3. The van der Waals surface area contributed by atoms with Crippen LogP contribution in [0.25, 0.3) is 0 Å². The van der Waals surface area contributed by atoms with Crippen molar-refractivity contribution in [1.29, 1.82) is 0 Å². The topological polar surface area (TPSA) is 54.2 Å². The third-order valence-electron chi connectivity index (χ3n) is 3.70. The van der Waals surface area contributed by atoms with E-state index in [2.05, 4.69) is 27.3 Å². The SMILES string of the molecule is CCC1CCN(c2nnc(C(C)NC)o2)CC1. The fourth-order valence-corrected chi connectivity index (χ4v) is 2.19. The van der Waals surface area contributed by atoms with Gasteiger partial charge in [-0.2, -0.15) is 0 Å². The zero-order valence-electron chi connectivity index (χ0n) is 10.9. The van der Waals surface area contributed by atoms with Crippen molar-refractivity contribution in [2.75, 3.05) is 25.0 Å². The highest BCUT2D eigenvalue weighted by molar-refractivity contribution is 5.25. The third kappa shape index (κ3) is 2.77. The second-order valence-corrected chi connectivity index (χ2v) is 4.77. The first-order valence-electron chi connectivity index (χ1n) is 6.50. The van der Waals surface area contributed by atoms with Crippen molar-refractivity contribution in [3.63, 3.8) is 0 Å². The maximum absolute atomic E-state index is 5.69. The average molecular weight is 238 g/mol. The Morgan fingerprint density at radius 2 is 2.12 bits per heavy atom. The van der Waals surface area contributed by atoms with E-state index < -0.39 is 0 Å². The largest absolute Gasteiger partial charge is 0.406 e. The van der Waals surface area contributed by atoms with E-state index in [-0.39, 0.29) is 6.04 Å². The average Bonchev–Trinajstić information content (AvgIpc) is 2.87. The summed E-state index contributed by atoms with van der Waals surface area (Å²) in [6.07, 6.45) is 3.74. The Balaban J connectivity index is 1.97. The summed E-state index contributed by atoms with van der Waals surface area (Å²) in [6, 6.07) is 0.793. The molecule has 0 aromatic carbocycles. The number of nitrogens with one attached hydrogen (secondary N) is 1. The Morgan fingerprint density at radius 1 is 1.41 bits per heavy atom. The summed E-state index contributed by atoms with van der Waals surface area (Å²) in [4.78, 5) is 2.20. The number of nitrogens with zero attached hydrogens (tertiary/aromatic N) is 3. The van der Waals surface area contributed by atoms with Crippen molar-refractivity contribution < 1.29 is 4.42 Å². The van der Waals surface area contributed by atoms with Crippen LogP contribution in [0, 0.1) is 5.92 Å². The molecule has 1 unspecified atom stereocenters. The van der Waals surface area contributed by atoms with Crippen molar-refractivity contribution >= 4 is 6.01 Å². The molecule has 96 valence electrons. The molecule has 1 saturated heterocycles. The van der Waals surface area contributed by atoms with Crippen LogP contribution in [0.15, 0.2) is 4.42 Å². The smallest absolute Gasteiger partial charge is 0.318 e. The molecule has 1 aliphatic heterocycles. The molecule has 0 bridgehead atoms. The minimum Gasteiger partial charge on any atom is -0.406 e. The first kappa shape index (κ1) is 12.4. The molecule has 1 aliphatic rings. The van der Waals surface area contributed by atoms with Crippen molar-refractivity contribution in [3.05, 3.63) is 5.89 Å². The molecule has 0 aliphatic carbocycles. The van der Waals surface area contributed by atoms with Gasteiger partial charge in [0.1, 0.15) is 0 Å². The van der Waals surface area contributed by atoms with Gasteiger partial charge in [0.25, 0.3) is 0 Å². The molecule has 1 atom stereocenters. The highest BCUT2D eigenvalue weighted by atomic mass is 16.4. The molecule has 17 heavy (non-hydrogen) atoms. The van der Waals surface area contributed by atoms with E-state index >= 15 is 0 Å². The van der Waals surface area contributed by atoms with E-state index in [4.69, 9.17) is 4.42 Å². The standard InChI is InChI=1S/C12H22N4O/c1-4-10-5-7-16(8-6-10)12-15-14-11(17-12)9(2)13-3/h9-10,13H,4-8H2,1-3H3. The van der Waals surface area contributed by atoms with Crippen LogP contribution in [-0.4, -0.2) is 30.3 Å². The van der Waals surface area contributed by atoms with Crippen LogP contribution in [0.4, 0.5) is 6.01 Å². The summed E-state index contributed by atoms with van der Waals surface area (Å²) in [5.41, 5.74) is 0. The van der Waals surface area contributed by atoms with Crippen LogP contribution < -0.4 is 10.2 Å². The van der Waals surface area contributed by atoms with Gasteiger partial charge in [-0.1, -0.05) is 18.4 Å². The Morgan fingerprint density at radius 3 is 2.71 bits per heavy atom. The van der Waals surface area contributed by atoms with E-state index in [9.17, 15) is 0 Å². The van der Waals surface area contributed by atoms with Gasteiger partial charge in [-0.25, -0.2) is 0 Å². The van der Waals surface area contributed by atoms with Gasteiger partial charge in [0.2, 0.25) is 5.89 Å². The molecule has 1 aromatic rings. The van der Waals surface area contributed by atoms with Crippen molar-refractivity contribution in [3.8, 4) is 0 Å². The van der Waals surface area contributed by atoms with Gasteiger partial charge in [0, 0.05) is 13.1 Å². The van der Waals surface area contributed by atoms with Gasteiger partial charge < -0.3 is 14.6 Å². The number of hydrogen-bond donors (Lipinski definition) is 1. The quantitative estimate of drug-likeness (QED) is 0.869. The second-order valence-electron chi connectivity index (χ2n) is 4.77. The lowest BCUT2D eigenvalue weighted by Crippen LogP contribution is -2.33. The predicted molar refractivity (Wildman–Crippen MR) is 67.0 cm³/mol. The molecular weight excluding hydrogens is 216 g/mol. The molecule has 1 fully saturated rings. The fraction of sp³-hybridized carbons (Fsp3) is 0.833. The van der Waals surface area contributed by atoms with Crippen molar-refractivity contribution in [2.24, 2.45) is 5.92 Å². The maximum Gasteiger partial charge on any atom is 0.318 e. The van der Waals surface area contributed by atoms with E-state index in [0.717, 1.165) is 19.0 Å². The molecule has 5 nitrogen and oxygen atoms in total. The van der Waals surface area contributed by atoms with Crippen LogP contribution in [-0.2, 0) is 0 Å². The van der Waals surface area contributed by atoms with E-state index in [1.807, 2.05) is 14.0 Å². The lowest BCUT2D eigenvalue weighted by Gasteiger charge is -2.29. The Bertz CT molecular complexity index is 344. The van der Waals surface area contributed by atoms with Gasteiger partial charge in [0.15, 0.2) is 0 Å². The molecule has 0 radical (unpaired) electrons. The van der Waals surface area contributed by atoms with Crippen molar-refractivity contribution in [1.82, 2.24) is 15.5 Å². The highest BCUT2D eigenvalue weighted by Gasteiger charge is 2.22. The third-order valence-corrected chi connectivity index (χ3v) is 3.70. The van der Waals surface area contributed by atoms with E-state index in [0.29, 0.717) is 11.9 Å². The van der Waals surface area contributed by atoms with Crippen LogP contribution in [0.3, 0.4) is 0 Å². The van der Waals surface area contributed by atoms with Gasteiger partial charge in [-0.3, -0.25) is 0 Å². The number of hydrogen-bond acceptors (Lipinski definition) is 5. The van der Waals surface area contributed by atoms with Gasteiger partial charge in [-0.05, 0) is 32.7 Å². The molecule has 0 amide bonds. The highest BCUT2D eigenvalue weighted by Crippen LogP contribution is 2.25. The van der Waals surface area contributed by atoms with E-state index in [1.165, 1.54) is 19.3 Å². The lowest BCUT2D eigenvalue weighted by atomic mass is 9.95. The monoisotopic (exact) mass is 238 g/mol. The molecule has 1 N–H and O–H groups in total. The summed E-state index contributed by atoms with van der Waals surface area (Å²) in [6.45, 7) is 6.35. The Kier molecular flexibility index (Phi) is 3.99. The predicted octanol–water partition coefficient (Wildman–Crippen LogP) is 1.98. The second kappa shape index (κ2) is 5.49. The van der Waals surface area contributed by atoms with Crippen LogP contribution >= 0.6 is 0 Å². The van der Waals surface area contributed by atoms with Crippen molar-refractivity contribution in [2.45, 2.75) is 39.2 Å². The van der Waals surface area contributed by atoms with Gasteiger partial charge >= 0.3 is 6.01 Å². The molecule has 2 heterocycles. The first-order chi connectivity index (χ1) is 8.24. The zero-order valence-corrected chi connectivity index (χ0v) is 10.9. The Labute approximate surface area is 103 Å². The molecule has 1 aromatic heterocycles. The normalized spacial score (nSPS) is 19.6. The summed E-state index contributed by atoms with van der Waals surface area (Å²) >= 11 is 0. The molecule has 2 rings (SSSR count). The van der Waals surface area contributed by atoms with Crippen LogP contribution in [0.1, 0.15) is 45.0 Å². The van der Waals surface area contributed by atoms with E-state index in [1.54, 1.807) is 0 Å². The van der Waals surface area contributed by atoms with Gasteiger partial charge in [-0.15, -0.1) is 5.10 Å². The number of piperidine rings is 1. The van der Waals surface area contributed by atoms with Gasteiger partial charge in [0.05, 0.1) is 6.04 Å². The molecular formula is C12H22N4O. The molecule has 5 heteroatoms. The Hall–Kier alpha value is -1.10. The summed E-state index contributed by atoms with van der Waals surface area (Å²) in [7, 11) is 1.89.